The quantitative estimate of drug-likeness (QED) is 0.170. The Bertz CT molecular complexity index is 2210. The molecule has 0 amide bonds. The lowest BCUT2D eigenvalue weighted by atomic mass is 9.91. The summed E-state index contributed by atoms with van der Waals surface area (Å²) in [5.74, 6) is 0.363. The molecule has 3 aliphatic rings. The molecule has 0 radical (unpaired) electrons. The number of β-amino-alcohol motifs (C(OH)–C–C–N with tert-alkyl or cyclic N) is 1. The van der Waals surface area contributed by atoms with Crippen molar-refractivity contribution in [3.05, 3.63) is 94.0 Å². The summed E-state index contributed by atoms with van der Waals surface area (Å²) < 4.78 is 18.4. The van der Waals surface area contributed by atoms with Gasteiger partial charge in [0, 0.05) is 49.9 Å². The number of nitriles is 1. The summed E-state index contributed by atoms with van der Waals surface area (Å²) in [6, 6.07) is 22.5. The molecule has 2 aromatic heterocycles. The number of hydrogen-bond acceptors (Lipinski definition) is 10. The summed E-state index contributed by atoms with van der Waals surface area (Å²) in [5.41, 5.74) is 9.94. The molecule has 266 valence electrons. The molecule has 52 heavy (non-hydrogen) atoms. The van der Waals surface area contributed by atoms with Gasteiger partial charge in [-0.15, -0.1) is 0 Å². The highest BCUT2D eigenvalue weighted by molar-refractivity contribution is 5.85. The van der Waals surface area contributed by atoms with Crippen molar-refractivity contribution in [2.45, 2.75) is 57.9 Å². The lowest BCUT2D eigenvalue weighted by molar-refractivity contribution is -0.141. The van der Waals surface area contributed by atoms with Gasteiger partial charge in [0.25, 0.3) is 0 Å². The molecule has 1 aliphatic carbocycles. The summed E-state index contributed by atoms with van der Waals surface area (Å²) in [6.07, 6.45) is 2.58. The molecule has 11 nitrogen and oxygen atoms in total. The van der Waals surface area contributed by atoms with Crippen molar-refractivity contribution < 1.29 is 28.9 Å². The summed E-state index contributed by atoms with van der Waals surface area (Å²) >= 11 is 0. The number of fused-ring (bicyclic) bond motifs is 2. The maximum Gasteiger partial charge on any atom is 0.307 e. The molecule has 11 heteroatoms. The predicted molar refractivity (Wildman–Crippen MR) is 194 cm³/mol. The number of carbonyl (C=O) groups is 1. The predicted octanol–water partition coefficient (Wildman–Crippen LogP) is 6.28. The minimum absolute atomic E-state index is 0.170. The van der Waals surface area contributed by atoms with Gasteiger partial charge in [-0.25, -0.2) is 4.98 Å². The van der Waals surface area contributed by atoms with Crippen molar-refractivity contribution in [2.24, 2.45) is 5.92 Å². The molecule has 0 spiro atoms. The second-order valence-corrected chi connectivity index (χ2v) is 14.2. The summed E-state index contributed by atoms with van der Waals surface area (Å²) in [4.78, 5) is 25.3. The van der Waals surface area contributed by atoms with Crippen LogP contribution in [0.15, 0.2) is 65.1 Å². The van der Waals surface area contributed by atoms with Crippen LogP contribution in [-0.2, 0) is 24.3 Å². The third-order valence-corrected chi connectivity index (χ3v) is 10.8. The molecule has 2 N–H and O–H groups in total. The lowest BCUT2D eigenvalue weighted by Crippen LogP contribution is -2.23. The van der Waals surface area contributed by atoms with E-state index in [4.69, 9.17) is 23.9 Å². The number of methoxy groups -OCH3 is 1. The molecule has 0 bridgehead atoms. The number of nitrogens with zero attached hydrogens (tertiary/aromatic N) is 5. The van der Waals surface area contributed by atoms with Gasteiger partial charge in [-0.3, -0.25) is 14.6 Å². The first-order valence-corrected chi connectivity index (χ1v) is 17.9. The van der Waals surface area contributed by atoms with Gasteiger partial charge in [-0.05, 0) is 96.8 Å². The number of aliphatic hydroxyl groups is 1. The number of aliphatic carboxylic acids is 1. The normalized spacial score (nSPS) is 20.3. The van der Waals surface area contributed by atoms with E-state index in [9.17, 15) is 20.3 Å². The van der Waals surface area contributed by atoms with E-state index in [-0.39, 0.29) is 18.1 Å². The minimum Gasteiger partial charge on any atom is -0.481 e. The SMILES string of the molecule is COc1nc(O[C@H]2CCc3c(-c4cccc(-c5nc6cc(CN7CC[C@@H](O)C7)cc(C#N)c6o5)c4C)cccc32)ccc1CN1CC[C@@H](C(=O)O)C1. The zero-order chi connectivity index (χ0) is 35.9. The largest absolute Gasteiger partial charge is 0.481 e. The molecule has 2 saturated heterocycles. The third kappa shape index (κ3) is 6.50. The number of benzene rings is 3. The highest BCUT2D eigenvalue weighted by Gasteiger charge is 2.30. The average Bonchev–Trinajstić information content (AvgIpc) is 3.96. The fourth-order valence-electron chi connectivity index (χ4n) is 8.12. The molecule has 0 saturated carbocycles. The van der Waals surface area contributed by atoms with E-state index in [1.807, 2.05) is 36.4 Å². The van der Waals surface area contributed by atoms with E-state index in [2.05, 4.69) is 47.1 Å². The topological polar surface area (TPSA) is 145 Å². The van der Waals surface area contributed by atoms with Gasteiger partial charge in [0.2, 0.25) is 17.7 Å². The Morgan fingerprint density at radius 3 is 2.54 bits per heavy atom. The van der Waals surface area contributed by atoms with Crippen molar-refractivity contribution in [3.8, 4) is 40.4 Å². The van der Waals surface area contributed by atoms with Crippen LogP contribution in [0, 0.1) is 24.2 Å². The van der Waals surface area contributed by atoms with Crippen LogP contribution >= 0.6 is 0 Å². The summed E-state index contributed by atoms with van der Waals surface area (Å²) in [5, 5.41) is 29.3. The Hall–Kier alpha value is -5.28. The van der Waals surface area contributed by atoms with E-state index in [0.717, 1.165) is 71.3 Å². The Kier molecular flexibility index (Phi) is 9.13. The van der Waals surface area contributed by atoms with Crippen LogP contribution in [0.5, 0.6) is 11.8 Å². The van der Waals surface area contributed by atoms with Crippen molar-refractivity contribution in [1.82, 2.24) is 19.8 Å². The zero-order valence-corrected chi connectivity index (χ0v) is 29.3. The second-order valence-electron chi connectivity index (χ2n) is 14.2. The zero-order valence-electron chi connectivity index (χ0n) is 29.3. The van der Waals surface area contributed by atoms with Gasteiger partial charge < -0.3 is 24.1 Å². The molecule has 3 aromatic carbocycles. The monoisotopic (exact) mass is 699 g/mol. The van der Waals surface area contributed by atoms with Gasteiger partial charge in [0.1, 0.15) is 17.7 Å². The van der Waals surface area contributed by atoms with Gasteiger partial charge in [-0.1, -0.05) is 30.3 Å². The molecular formula is C41H41N5O6. The third-order valence-electron chi connectivity index (χ3n) is 10.8. The number of carboxylic acids is 1. The first kappa shape index (κ1) is 33.8. The molecule has 2 aliphatic heterocycles. The molecule has 0 unspecified atom stereocenters. The Labute approximate surface area is 302 Å². The molecule has 3 atom stereocenters. The molecule has 4 heterocycles. The number of pyridine rings is 1. The molecule has 5 aromatic rings. The molecule has 8 rings (SSSR count). The fraction of sp³-hybridized carbons (Fsp3) is 0.366. The maximum atomic E-state index is 11.4. The number of aromatic nitrogens is 2. The van der Waals surface area contributed by atoms with E-state index in [1.165, 1.54) is 5.56 Å². The van der Waals surface area contributed by atoms with Crippen LogP contribution in [0.2, 0.25) is 0 Å². The summed E-state index contributed by atoms with van der Waals surface area (Å²) in [6.45, 7) is 6.00. The smallest absolute Gasteiger partial charge is 0.307 e. The van der Waals surface area contributed by atoms with Crippen LogP contribution in [-0.4, -0.2) is 75.3 Å². The second kappa shape index (κ2) is 14.0. The average molecular weight is 700 g/mol. The van der Waals surface area contributed by atoms with E-state index in [0.29, 0.717) is 66.9 Å². The molecular weight excluding hydrogens is 658 g/mol. The van der Waals surface area contributed by atoms with Gasteiger partial charge in [0.15, 0.2) is 5.58 Å². The Morgan fingerprint density at radius 2 is 1.77 bits per heavy atom. The first-order chi connectivity index (χ1) is 25.3. The van der Waals surface area contributed by atoms with E-state index >= 15 is 0 Å². The van der Waals surface area contributed by atoms with Crippen LogP contribution < -0.4 is 9.47 Å². The highest BCUT2D eigenvalue weighted by Crippen LogP contribution is 2.42. The number of hydrogen-bond donors (Lipinski definition) is 2. The minimum atomic E-state index is -0.747. The van der Waals surface area contributed by atoms with Gasteiger partial charge in [-0.2, -0.15) is 10.2 Å². The van der Waals surface area contributed by atoms with Crippen molar-refractivity contribution in [2.75, 3.05) is 33.3 Å². The Morgan fingerprint density at radius 1 is 0.981 bits per heavy atom. The van der Waals surface area contributed by atoms with Crippen LogP contribution in [0.1, 0.15) is 58.7 Å². The van der Waals surface area contributed by atoms with Gasteiger partial charge in [0.05, 0.1) is 24.7 Å². The van der Waals surface area contributed by atoms with Gasteiger partial charge >= 0.3 is 5.97 Å². The van der Waals surface area contributed by atoms with Crippen molar-refractivity contribution in [3.63, 3.8) is 0 Å². The number of aliphatic hydroxyl groups excluding tert-OH is 1. The number of oxazole rings is 1. The maximum absolute atomic E-state index is 11.4. The number of carboxylic acid groups (broad SMARTS) is 1. The lowest BCUT2D eigenvalue weighted by Gasteiger charge is -2.19. The highest BCUT2D eigenvalue weighted by atomic mass is 16.5. The summed E-state index contributed by atoms with van der Waals surface area (Å²) in [7, 11) is 1.59. The standard InChI is InChI=1S/C41H41N5O6/c1-24-30(5-3-6-31(24)40-43-35-18-25(17-28(19-42)38(35)52-40)20-45-16-14-29(47)23-45)32-7-4-8-34-33(32)10-11-36(34)51-37-12-9-26(39(44-37)50-2)21-46-15-13-27(22-46)41(48)49/h3-9,12,17-18,27,29,36,47H,10-11,13-16,20-23H2,1-2H3,(H,48,49)/t27-,29-,36+/m1/s1. The van der Waals surface area contributed by atoms with Crippen molar-refractivity contribution >= 4 is 17.1 Å². The number of ether oxygens (including phenoxy) is 2. The first-order valence-electron chi connectivity index (χ1n) is 17.9. The van der Waals surface area contributed by atoms with Crippen molar-refractivity contribution in [1.29, 1.82) is 5.26 Å². The Balaban J connectivity index is 1.03. The molecule has 2 fully saturated rings. The van der Waals surface area contributed by atoms with Crippen LogP contribution in [0.4, 0.5) is 0 Å². The van der Waals surface area contributed by atoms with E-state index < -0.39 is 5.97 Å². The fourth-order valence-corrected chi connectivity index (χ4v) is 8.12. The van der Waals surface area contributed by atoms with Crippen LogP contribution in [0.25, 0.3) is 33.7 Å². The van der Waals surface area contributed by atoms with E-state index in [1.54, 1.807) is 7.11 Å². The number of rotatable bonds is 10. The number of likely N-dealkylation sites (tertiary alicyclic amines) is 2. The van der Waals surface area contributed by atoms with Crippen LogP contribution in [0.3, 0.4) is 0 Å².